The first-order chi connectivity index (χ1) is 18.7. The SMILES string of the molecule is CCCCCCCC1CC[Si]2(CC1)CCC(c1ccc(CCc3ccc(OCCCCC)cc3)cc1)CC2. The molecule has 2 heteroatoms. The van der Waals surface area contributed by atoms with Gasteiger partial charge in [0.25, 0.3) is 0 Å². The van der Waals surface area contributed by atoms with Crippen molar-refractivity contribution in [1.82, 2.24) is 0 Å². The predicted molar refractivity (Wildman–Crippen MR) is 168 cm³/mol. The maximum absolute atomic E-state index is 5.87. The summed E-state index contributed by atoms with van der Waals surface area (Å²) in [7, 11) is -0.932. The summed E-state index contributed by atoms with van der Waals surface area (Å²) in [6.45, 7) is 5.39. The van der Waals surface area contributed by atoms with Gasteiger partial charge in [-0.05, 0) is 72.8 Å². The largest absolute Gasteiger partial charge is 0.494 e. The Morgan fingerprint density at radius 2 is 1.18 bits per heavy atom. The third-order valence-electron chi connectivity index (χ3n) is 10.0. The summed E-state index contributed by atoms with van der Waals surface area (Å²) in [4.78, 5) is 0. The van der Waals surface area contributed by atoms with E-state index in [1.54, 1.807) is 42.6 Å². The van der Waals surface area contributed by atoms with Crippen LogP contribution in [-0.2, 0) is 12.8 Å². The lowest BCUT2D eigenvalue weighted by molar-refractivity contribution is 0.306. The number of hydrogen-bond donors (Lipinski definition) is 0. The summed E-state index contributed by atoms with van der Waals surface area (Å²) in [6.07, 6.45) is 20.8. The van der Waals surface area contributed by atoms with Crippen LogP contribution in [0.3, 0.4) is 0 Å². The molecule has 4 rings (SSSR count). The van der Waals surface area contributed by atoms with Crippen molar-refractivity contribution in [2.75, 3.05) is 6.61 Å². The van der Waals surface area contributed by atoms with Gasteiger partial charge < -0.3 is 4.74 Å². The van der Waals surface area contributed by atoms with Gasteiger partial charge in [0.05, 0.1) is 14.7 Å². The van der Waals surface area contributed by atoms with Gasteiger partial charge in [0.15, 0.2) is 0 Å². The molecule has 2 heterocycles. The summed E-state index contributed by atoms with van der Waals surface area (Å²) < 4.78 is 5.87. The monoisotopic (exact) mass is 532 g/mol. The van der Waals surface area contributed by atoms with Crippen LogP contribution in [-0.4, -0.2) is 14.7 Å². The molecule has 0 N–H and O–H groups in total. The fourth-order valence-corrected chi connectivity index (χ4v) is 12.7. The lowest BCUT2D eigenvalue weighted by Crippen LogP contribution is -2.41. The highest BCUT2D eigenvalue weighted by molar-refractivity contribution is 6.80. The Hall–Kier alpha value is -1.54. The zero-order valence-electron chi connectivity index (χ0n) is 24.8. The van der Waals surface area contributed by atoms with Crippen LogP contribution in [0, 0.1) is 5.92 Å². The zero-order valence-corrected chi connectivity index (χ0v) is 25.8. The Balaban J connectivity index is 1.14. The molecular formula is C36H56OSi. The second kappa shape index (κ2) is 15.9. The molecular weight excluding hydrogens is 476 g/mol. The highest BCUT2D eigenvalue weighted by Crippen LogP contribution is 2.47. The van der Waals surface area contributed by atoms with E-state index >= 15 is 0 Å². The van der Waals surface area contributed by atoms with E-state index in [4.69, 9.17) is 4.74 Å². The molecule has 2 aromatic rings. The second-order valence-electron chi connectivity index (χ2n) is 12.9. The van der Waals surface area contributed by atoms with Gasteiger partial charge in [-0.25, -0.2) is 0 Å². The minimum atomic E-state index is -0.932. The van der Waals surface area contributed by atoms with Crippen LogP contribution in [0.4, 0.5) is 0 Å². The van der Waals surface area contributed by atoms with E-state index in [1.807, 2.05) is 0 Å². The van der Waals surface area contributed by atoms with Crippen molar-refractivity contribution >= 4 is 8.07 Å². The topological polar surface area (TPSA) is 9.23 Å². The number of hydrogen-bond acceptors (Lipinski definition) is 1. The van der Waals surface area contributed by atoms with E-state index in [1.165, 1.54) is 75.3 Å². The minimum Gasteiger partial charge on any atom is -0.494 e. The highest BCUT2D eigenvalue weighted by atomic mass is 28.3. The number of unbranched alkanes of at least 4 members (excludes halogenated alkanes) is 6. The van der Waals surface area contributed by atoms with Gasteiger partial charge in [0.1, 0.15) is 5.75 Å². The van der Waals surface area contributed by atoms with Crippen LogP contribution in [0.5, 0.6) is 5.75 Å². The average molecular weight is 533 g/mol. The number of benzene rings is 2. The third kappa shape index (κ3) is 9.28. The van der Waals surface area contributed by atoms with E-state index in [0.29, 0.717) is 0 Å². The summed E-state index contributed by atoms with van der Waals surface area (Å²) >= 11 is 0. The maximum atomic E-state index is 5.87. The first-order valence-electron chi connectivity index (χ1n) is 16.5. The number of rotatable bonds is 15. The molecule has 0 saturated carbocycles. The molecule has 0 radical (unpaired) electrons. The Labute approximate surface area is 236 Å². The first kappa shape index (κ1) is 29.4. The Morgan fingerprint density at radius 3 is 1.82 bits per heavy atom. The van der Waals surface area contributed by atoms with Gasteiger partial charge in [-0.3, -0.25) is 0 Å². The van der Waals surface area contributed by atoms with Crippen molar-refractivity contribution < 1.29 is 4.74 Å². The molecule has 0 amide bonds. The second-order valence-corrected chi connectivity index (χ2v) is 17.9. The lowest BCUT2D eigenvalue weighted by atomic mass is 9.92. The maximum Gasteiger partial charge on any atom is 0.119 e. The van der Waals surface area contributed by atoms with E-state index < -0.39 is 8.07 Å². The molecule has 2 aliphatic rings. The lowest BCUT2D eigenvalue weighted by Gasteiger charge is -2.43. The van der Waals surface area contributed by atoms with E-state index in [-0.39, 0.29) is 0 Å². The van der Waals surface area contributed by atoms with Crippen LogP contribution in [0.1, 0.15) is 120 Å². The zero-order chi connectivity index (χ0) is 26.5. The molecule has 0 aromatic heterocycles. The van der Waals surface area contributed by atoms with Crippen LogP contribution in [0.15, 0.2) is 48.5 Å². The molecule has 0 atom stereocenters. The summed E-state index contributed by atoms with van der Waals surface area (Å²) in [5.74, 6) is 2.91. The van der Waals surface area contributed by atoms with E-state index in [2.05, 4.69) is 62.4 Å². The van der Waals surface area contributed by atoms with Crippen LogP contribution in [0.2, 0.25) is 24.2 Å². The Kier molecular flexibility index (Phi) is 12.3. The Bertz CT molecular complexity index is 884. The number of aryl methyl sites for hydroxylation is 2. The van der Waals surface area contributed by atoms with Crippen molar-refractivity contribution in [1.29, 1.82) is 0 Å². The quantitative estimate of drug-likeness (QED) is 0.164. The fourth-order valence-electron chi connectivity index (χ4n) is 7.22. The Morgan fingerprint density at radius 1 is 0.632 bits per heavy atom. The smallest absolute Gasteiger partial charge is 0.119 e. The molecule has 2 saturated heterocycles. The molecule has 38 heavy (non-hydrogen) atoms. The summed E-state index contributed by atoms with van der Waals surface area (Å²) in [5.41, 5.74) is 4.50. The van der Waals surface area contributed by atoms with Crippen molar-refractivity contribution in [2.24, 2.45) is 5.92 Å². The van der Waals surface area contributed by atoms with Crippen molar-refractivity contribution in [3.05, 3.63) is 65.2 Å². The van der Waals surface area contributed by atoms with Gasteiger partial charge in [-0.1, -0.05) is 139 Å². The predicted octanol–water partition coefficient (Wildman–Crippen LogP) is 11.1. The van der Waals surface area contributed by atoms with Crippen molar-refractivity contribution in [3.63, 3.8) is 0 Å². The molecule has 1 nitrogen and oxygen atoms in total. The van der Waals surface area contributed by atoms with Gasteiger partial charge in [-0.2, -0.15) is 0 Å². The van der Waals surface area contributed by atoms with Gasteiger partial charge >= 0.3 is 0 Å². The molecule has 2 aromatic carbocycles. The normalized spacial score (nSPS) is 23.5. The van der Waals surface area contributed by atoms with Gasteiger partial charge in [0.2, 0.25) is 0 Å². The minimum absolute atomic E-state index is 0.823. The summed E-state index contributed by atoms with van der Waals surface area (Å²) in [6, 6.07) is 25.1. The van der Waals surface area contributed by atoms with Crippen molar-refractivity contribution in [3.8, 4) is 5.75 Å². The standard InChI is InChI=1S/C36H56OSi/c1-3-5-7-8-9-11-31-22-27-38(28-23-31)29-24-35(25-30-38)34-18-14-32(15-19-34)12-13-33-16-20-36(21-17-33)37-26-10-6-4-2/h14-21,31,35H,3-13,22-30H2,1-2H3. The number of ether oxygens (including phenoxy) is 1. The molecule has 2 aliphatic heterocycles. The van der Waals surface area contributed by atoms with Crippen LogP contribution in [0.25, 0.3) is 0 Å². The molecule has 0 bridgehead atoms. The fraction of sp³-hybridized carbons (Fsp3) is 0.667. The van der Waals surface area contributed by atoms with E-state index in [0.717, 1.165) is 43.5 Å². The molecule has 0 aliphatic carbocycles. The molecule has 0 unspecified atom stereocenters. The molecule has 210 valence electrons. The first-order valence-corrected chi connectivity index (χ1v) is 19.3. The molecule has 2 fully saturated rings. The highest BCUT2D eigenvalue weighted by Gasteiger charge is 2.40. The van der Waals surface area contributed by atoms with Crippen LogP contribution < -0.4 is 4.74 Å². The van der Waals surface area contributed by atoms with Gasteiger partial charge in [-0.15, -0.1) is 0 Å². The third-order valence-corrected chi connectivity index (χ3v) is 15.4. The average Bonchev–Trinajstić information content (AvgIpc) is 2.97. The van der Waals surface area contributed by atoms with Crippen LogP contribution >= 0.6 is 0 Å². The summed E-state index contributed by atoms with van der Waals surface area (Å²) in [5, 5.41) is 0. The van der Waals surface area contributed by atoms with E-state index in [9.17, 15) is 0 Å². The molecule has 1 spiro atoms. The van der Waals surface area contributed by atoms with Crippen molar-refractivity contribution in [2.45, 2.75) is 140 Å². The van der Waals surface area contributed by atoms with Gasteiger partial charge in [0, 0.05) is 0 Å².